The summed E-state index contributed by atoms with van der Waals surface area (Å²) in [7, 11) is 0. The minimum absolute atomic E-state index is 0.305. The van der Waals surface area contributed by atoms with E-state index in [0.717, 1.165) is 19.6 Å². The molecule has 0 aliphatic carbocycles. The molecule has 1 saturated heterocycles. The van der Waals surface area contributed by atoms with E-state index in [2.05, 4.69) is 46.4 Å². The van der Waals surface area contributed by atoms with E-state index in [1.807, 2.05) is 6.07 Å². The van der Waals surface area contributed by atoms with Gasteiger partial charge in [-0.1, -0.05) is 34.1 Å². The van der Waals surface area contributed by atoms with Crippen molar-refractivity contribution in [1.29, 1.82) is 0 Å². The van der Waals surface area contributed by atoms with E-state index >= 15 is 0 Å². The molecule has 1 aliphatic heterocycles. The molecule has 2 nitrogen and oxygen atoms in total. The fourth-order valence-corrected chi connectivity index (χ4v) is 2.22. The summed E-state index contributed by atoms with van der Waals surface area (Å²) in [5, 5.41) is 3.43. The standard InChI is InChI=1S/C12H16BrNO/c1-9-8-15-11(7-14-9)6-10-4-2-3-5-12(10)13/h2-5,9,11,14H,6-8H2,1H3. The van der Waals surface area contributed by atoms with Crippen LogP contribution in [0.4, 0.5) is 0 Å². The van der Waals surface area contributed by atoms with Crippen LogP contribution in [0.2, 0.25) is 0 Å². The molecule has 1 fully saturated rings. The van der Waals surface area contributed by atoms with Gasteiger partial charge in [0.25, 0.3) is 0 Å². The Morgan fingerprint density at radius 1 is 1.47 bits per heavy atom. The second kappa shape index (κ2) is 5.10. The van der Waals surface area contributed by atoms with Gasteiger partial charge in [-0.3, -0.25) is 0 Å². The van der Waals surface area contributed by atoms with E-state index in [0.29, 0.717) is 12.1 Å². The maximum atomic E-state index is 5.77. The number of nitrogens with one attached hydrogen (secondary N) is 1. The minimum atomic E-state index is 0.305. The average molecular weight is 270 g/mol. The van der Waals surface area contributed by atoms with Crippen molar-refractivity contribution >= 4 is 15.9 Å². The van der Waals surface area contributed by atoms with E-state index in [1.165, 1.54) is 10.0 Å². The summed E-state index contributed by atoms with van der Waals surface area (Å²) in [4.78, 5) is 0. The Balaban J connectivity index is 1.95. The first-order chi connectivity index (χ1) is 7.25. The fourth-order valence-electron chi connectivity index (χ4n) is 1.77. The SMILES string of the molecule is CC1COC(Cc2ccccc2Br)CN1. The molecule has 3 heteroatoms. The first-order valence-electron chi connectivity index (χ1n) is 5.34. The molecule has 1 heterocycles. The van der Waals surface area contributed by atoms with Crippen LogP contribution in [-0.4, -0.2) is 25.3 Å². The second-order valence-corrected chi connectivity index (χ2v) is 4.91. The van der Waals surface area contributed by atoms with Crippen LogP contribution in [0, 0.1) is 0 Å². The molecule has 2 atom stereocenters. The van der Waals surface area contributed by atoms with E-state index in [1.54, 1.807) is 0 Å². The Morgan fingerprint density at radius 3 is 2.93 bits per heavy atom. The lowest BCUT2D eigenvalue weighted by Crippen LogP contribution is -2.45. The van der Waals surface area contributed by atoms with Gasteiger partial charge in [0.05, 0.1) is 12.7 Å². The highest BCUT2D eigenvalue weighted by Gasteiger charge is 2.18. The minimum Gasteiger partial charge on any atom is -0.375 e. The number of hydrogen-bond donors (Lipinski definition) is 1. The molecule has 0 bridgehead atoms. The van der Waals surface area contributed by atoms with E-state index < -0.39 is 0 Å². The molecule has 0 aromatic heterocycles. The maximum absolute atomic E-state index is 5.77. The number of halogens is 1. The summed E-state index contributed by atoms with van der Waals surface area (Å²) in [5.41, 5.74) is 1.32. The zero-order chi connectivity index (χ0) is 10.7. The lowest BCUT2D eigenvalue weighted by molar-refractivity contribution is 0.00873. The molecule has 82 valence electrons. The van der Waals surface area contributed by atoms with Crippen molar-refractivity contribution in [3.8, 4) is 0 Å². The predicted octanol–water partition coefficient (Wildman–Crippen LogP) is 2.37. The van der Waals surface area contributed by atoms with Gasteiger partial charge < -0.3 is 10.1 Å². The molecule has 2 unspecified atom stereocenters. The van der Waals surface area contributed by atoms with Crippen LogP contribution in [0.3, 0.4) is 0 Å². The summed E-state index contributed by atoms with van der Waals surface area (Å²) in [6.45, 7) is 3.91. The van der Waals surface area contributed by atoms with Crippen molar-refractivity contribution in [1.82, 2.24) is 5.32 Å². The highest BCUT2D eigenvalue weighted by molar-refractivity contribution is 9.10. The Kier molecular flexibility index (Phi) is 3.78. The second-order valence-electron chi connectivity index (χ2n) is 4.06. The van der Waals surface area contributed by atoms with Gasteiger partial charge in [0.2, 0.25) is 0 Å². The van der Waals surface area contributed by atoms with Crippen molar-refractivity contribution in [3.05, 3.63) is 34.3 Å². The highest BCUT2D eigenvalue weighted by Crippen LogP contribution is 2.19. The normalized spacial score (nSPS) is 26.5. The number of benzene rings is 1. The fraction of sp³-hybridized carbons (Fsp3) is 0.500. The number of rotatable bonds is 2. The molecule has 1 N–H and O–H groups in total. The maximum Gasteiger partial charge on any atom is 0.0740 e. The van der Waals surface area contributed by atoms with Crippen molar-refractivity contribution in [2.45, 2.75) is 25.5 Å². The van der Waals surface area contributed by atoms with Crippen LogP contribution in [0.15, 0.2) is 28.7 Å². The van der Waals surface area contributed by atoms with Gasteiger partial charge in [-0.05, 0) is 18.6 Å². The molecule has 1 aromatic carbocycles. The molecule has 2 rings (SSSR count). The third kappa shape index (κ3) is 3.03. The van der Waals surface area contributed by atoms with Crippen LogP contribution in [0.1, 0.15) is 12.5 Å². The average Bonchev–Trinajstić information content (AvgIpc) is 2.25. The van der Waals surface area contributed by atoms with Gasteiger partial charge in [0.1, 0.15) is 0 Å². The summed E-state index contributed by atoms with van der Waals surface area (Å²) in [6, 6.07) is 8.81. The molecule has 15 heavy (non-hydrogen) atoms. The third-order valence-corrected chi connectivity index (χ3v) is 3.45. The van der Waals surface area contributed by atoms with Crippen molar-refractivity contribution in [2.24, 2.45) is 0 Å². The Labute approximate surface area is 99.1 Å². The quantitative estimate of drug-likeness (QED) is 0.890. The molecule has 0 amide bonds. The van der Waals surface area contributed by atoms with Crippen molar-refractivity contribution in [3.63, 3.8) is 0 Å². The van der Waals surface area contributed by atoms with Gasteiger partial charge in [0.15, 0.2) is 0 Å². The van der Waals surface area contributed by atoms with Crippen molar-refractivity contribution in [2.75, 3.05) is 13.2 Å². The number of hydrogen-bond acceptors (Lipinski definition) is 2. The summed E-state index contributed by atoms with van der Waals surface area (Å²) in [5.74, 6) is 0. The molecular weight excluding hydrogens is 254 g/mol. The van der Waals surface area contributed by atoms with Crippen LogP contribution in [-0.2, 0) is 11.2 Å². The number of morpholine rings is 1. The van der Waals surface area contributed by atoms with Crippen molar-refractivity contribution < 1.29 is 4.74 Å². The topological polar surface area (TPSA) is 21.3 Å². The van der Waals surface area contributed by atoms with E-state index in [-0.39, 0.29) is 0 Å². The molecule has 0 spiro atoms. The summed E-state index contributed by atoms with van der Waals surface area (Å²) >= 11 is 3.56. The Morgan fingerprint density at radius 2 is 2.27 bits per heavy atom. The highest BCUT2D eigenvalue weighted by atomic mass is 79.9. The third-order valence-electron chi connectivity index (χ3n) is 2.68. The molecular formula is C12H16BrNO. The summed E-state index contributed by atoms with van der Waals surface area (Å²) < 4.78 is 6.94. The van der Waals surface area contributed by atoms with E-state index in [9.17, 15) is 0 Å². The Hall–Kier alpha value is -0.380. The zero-order valence-electron chi connectivity index (χ0n) is 8.87. The molecule has 0 saturated carbocycles. The number of ether oxygens (including phenoxy) is 1. The van der Waals surface area contributed by atoms with Gasteiger partial charge in [0, 0.05) is 23.5 Å². The van der Waals surface area contributed by atoms with Gasteiger partial charge in [-0.15, -0.1) is 0 Å². The van der Waals surface area contributed by atoms with Crippen LogP contribution in [0.25, 0.3) is 0 Å². The monoisotopic (exact) mass is 269 g/mol. The molecule has 1 aliphatic rings. The predicted molar refractivity (Wildman–Crippen MR) is 65.1 cm³/mol. The van der Waals surface area contributed by atoms with Gasteiger partial charge >= 0.3 is 0 Å². The lowest BCUT2D eigenvalue weighted by atomic mass is 10.1. The zero-order valence-corrected chi connectivity index (χ0v) is 10.5. The van der Waals surface area contributed by atoms with Crippen LogP contribution in [0.5, 0.6) is 0 Å². The lowest BCUT2D eigenvalue weighted by Gasteiger charge is -2.28. The first-order valence-corrected chi connectivity index (χ1v) is 6.13. The largest absolute Gasteiger partial charge is 0.375 e. The molecule has 1 aromatic rings. The van der Waals surface area contributed by atoms with Crippen LogP contribution < -0.4 is 5.32 Å². The Bertz CT molecular complexity index is 321. The van der Waals surface area contributed by atoms with Gasteiger partial charge in [-0.25, -0.2) is 0 Å². The van der Waals surface area contributed by atoms with Gasteiger partial charge in [-0.2, -0.15) is 0 Å². The molecule has 0 radical (unpaired) electrons. The van der Waals surface area contributed by atoms with E-state index in [4.69, 9.17) is 4.74 Å². The summed E-state index contributed by atoms with van der Waals surface area (Å²) in [6.07, 6.45) is 1.28. The first kappa shape index (κ1) is 11.1. The smallest absolute Gasteiger partial charge is 0.0740 e. The van der Waals surface area contributed by atoms with Crippen LogP contribution >= 0.6 is 15.9 Å².